The molecule has 0 amide bonds. The van der Waals surface area contributed by atoms with Crippen LogP contribution in [-0.4, -0.2) is 34.5 Å². The summed E-state index contributed by atoms with van der Waals surface area (Å²) in [5.41, 5.74) is 0.283. The Morgan fingerprint density at radius 3 is 2.75 bits per heavy atom. The Balaban J connectivity index is 1.70. The van der Waals surface area contributed by atoms with Crippen molar-refractivity contribution in [3.05, 3.63) is 12.2 Å². The van der Waals surface area contributed by atoms with E-state index in [2.05, 4.69) is 13.5 Å². The van der Waals surface area contributed by atoms with Gasteiger partial charge in [0.15, 0.2) is 0 Å². The van der Waals surface area contributed by atoms with E-state index in [-0.39, 0.29) is 46.8 Å². The number of carbonyl (C=O) groups excluding carboxylic acids is 1. The Morgan fingerprint density at radius 1 is 1.25 bits per heavy atom. The summed E-state index contributed by atoms with van der Waals surface area (Å²) in [5.74, 6) is 0.282. The average molecular weight is 332 g/mol. The van der Waals surface area contributed by atoms with Crippen LogP contribution < -0.4 is 0 Å². The summed E-state index contributed by atoms with van der Waals surface area (Å²) in [7, 11) is 0. The van der Waals surface area contributed by atoms with Gasteiger partial charge in [0, 0.05) is 17.3 Å². The molecule has 4 saturated carbocycles. The van der Waals surface area contributed by atoms with E-state index in [0.29, 0.717) is 0 Å². The second-order valence-corrected chi connectivity index (χ2v) is 9.80. The molecule has 0 aromatic heterocycles. The fourth-order valence-corrected chi connectivity index (χ4v) is 7.98. The van der Waals surface area contributed by atoms with Crippen LogP contribution in [-0.2, 0) is 9.53 Å². The van der Waals surface area contributed by atoms with Crippen molar-refractivity contribution < 1.29 is 19.7 Å². The fourth-order valence-electron chi connectivity index (χ4n) is 7.98. The van der Waals surface area contributed by atoms with Crippen LogP contribution in [0.2, 0.25) is 0 Å². The van der Waals surface area contributed by atoms with Crippen LogP contribution in [0, 0.1) is 34.0 Å². The summed E-state index contributed by atoms with van der Waals surface area (Å²) >= 11 is 0. The van der Waals surface area contributed by atoms with E-state index in [9.17, 15) is 15.0 Å². The van der Waals surface area contributed by atoms with Gasteiger partial charge in [-0.15, -0.1) is 0 Å². The molecule has 2 N–H and O–H groups in total. The monoisotopic (exact) mass is 332 g/mol. The maximum atomic E-state index is 12.7. The number of aliphatic hydroxyl groups is 2. The maximum absolute atomic E-state index is 12.7. The molecule has 2 bridgehead atoms. The lowest BCUT2D eigenvalue weighted by Gasteiger charge is -2.64. The molecule has 5 rings (SSSR count). The minimum absolute atomic E-state index is 0.0559. The molecule has 0 aromatic carbocycles. The van der Waals surface area contributed by atoms with Crippen LogP contribution in [0.5, 0.6) is 0 Å². The third-order valence-corrected chi connectivity index (χ3v) is 8.86. The number of hydrogen-bond acceptors (Lipinski definition) is 4. The van der Waals surface area contributed by atoms with Gasteiger partial charge >= 0.3 is 5.97 Å². The Hall–Kier alpha value is -0.870. The molecule has 9 atom stereocenters. The van der Waals surface area contributed by atoms with Crippen molar-refractivity contribution >= 4 is 5.97 Å². The highest BCUT2D eigenvalue weighted by molar-refractivity contribution is 5.80. The van der Waals surface area contributed by atoms with Gasteiger partial charge in [-0.2, -0.15) is 0 Å². The molecule has 1 saturated heterocycles. The molecule has 5 fully saturated rings. The van der Waals surface area contributed by atoms with Crippen LogP contribution in [0.3, 0.4) is 0 Å². The number of carbonyl (C=O) groups is 1. The van der Waals surface area contributed by atoms with Crippen LogP contribution in [0.4, 0.5) is 0 Å². The summed E-state index contributed by atoms with van der Waals surface area (Å²) in [5, 5.41) is 22.1. The van der Waals surface area contributed by atoms with Gasteiger partial charge in [-0.1, -0.05) is 25.5 Å². The Morgan fingerprint density at radius 2 is 2.00 bits per heavy atom. The molecule has 1 aliphatic heterocycles. The largest absolute Gasteiger partial charge is 0.459 e. The van der Waals surface area contributed by atoms with Crippen LogP contribution >= 0.6 is 0 Å². The smallest absolute Gasteiger partial charge is 0.312 e. The molecule has 132 valence electrons. The summed E-state index contributed by atoms with van der Waals surface area (Å²) in [6.45, 7) is 8.55. The highest BCUT2D eigenvalue weighted by Gasteiger charge is 2.75. The van der Waals surface area contributed by atoms with Gasteiger partial charge in [-0.3, -0.25) is 4.79 Å². The second kappa shape index (κ2) is 4.27. The summed E-state index contributed by atoms with van der Waals surface area (Å²) in [6.07, 6.45) is 3.86. The van der Waals surface area contributed by atoms with Gasteiger partial charge in [0.2, 0.25) is 0 Å². The summed E-state index contributed by atoms with van der Waals surface area (Å²) < 4.78 is 5.84. The standard InChI is InChI=1S/C20H28O4/c1-10-8-20-9-11(10)12(21)7-13(20)18(2)5-4-6-19(3)15(18)14(16(20)22)24-17(19)23/h11-16,21-22H,1,4-9H2,2-3H3. The van der Waals surface area contributed by atoms with Gasteiger partial charge in [0.25, 0.3) is 0 Å². The normalized spacial score (nSPS) is 61.3. The quantitative estimate of drug-likeness (QED) is 0.528. The zero-order valence-electron chi connectivity index (χ0n) is 14.6. The van der Waals surface area contributed by atoms with Gasteiger partial charge in [0.1, 0.15) is 6.10 Å². The van der Waals surface area contributed by atoms with Crippen LogP contribution in [0.15, 0.2) is 12.2 Å². The van der Waals surface area contributed by atoms with Gasteiger partial charge in [-0.05, 0) is 50.4 Å². The summed E-state index contributed by atoms with van der Waals surface area (Å²) in [4.78, 5) is 12.7. The van der Waals surface area contributed by atoms with Crippen molar-refractivity contribution in [3.8, 4) is 0 Å². The second-order valence-electron chi connectivity index (χ2n) is 9.80. The molecule has 4 heteroatoms. The van der Waals surface area contributed by atoms with E-state index in [1.54, 1.807) is 0 Å². The van der Waals surface area contributed by atoms with Gasteiger partial charge < -0.3 is 14.9 Å². The average Bonchev–Trinajstić information content (AvgIpc) is 2.96. The SMILES string of the molecule is C=C1CC23CC1C(O)CC2C1(C)CCCC2(C)C(=O)OC(C21)C3O. The van der Waals surface area contributed by atoms with Gasteiger partial charge in [0.05, 0.1) is 17.6 Å². The highest BCUT2D eigenvalue weighted by atomic mass is 16.6. The van der Waals surface area contributed by atoms with Crippen molar-refractivity contribution in [3.63, 3.8) is 0 Å². The lowest BCUT2D eigenvalue weighted by molar-refractivity contribution is -0.229. The number of rotatable bonds is 0. The third-order valence-electron chi connectivity index (χ3n) is 8.86. The van der Waals surface area contributed by atoms with Crippen molar-refractivity contribution in [1.82, 2.24) is 0 Å². The molecule has 0 aromatic rings. The minimum Gasteiger partial charge on any atom is -0.459 e. The number of aliphatic hydroxyl groups excluding tert-OH is 2. The van der Waals surface area contributed by atoms with E-state index in [1.165, 1.54) is 0 Å². The third kappa shape index (κ3) is 1.44. The molecule has 24 heavy (non-hydrogen) atoms. The number of ether oxygens (including phenoxy) is 1. The molecule has 4 aliphatic carbocycles. The molecule has 0 radical (unpaired) electrons. The predicted octanol–water partition coefficient (Wildman–Crippen LogP) is 2.43. The lowest BCUT2D eigenvalue weighted by Crippen LogP contribution is -2.66. The van der Waals surface area contributed by atoms with Crippen molar-refractivity contribution in [2.75, 3.05) is 0 Å². The zero-order valence-corrected chi connectivity index (χ0v) is 14.6. The molecule has 9 unspecified atom stereocenters. The minimum atomic E-state index is -0.626. The molecular formula is C20H28O4. The van der Waals surface area contributed by atoms with Gasteiger partial charge in [-0.25, -0.2) is 0 Å². The zero-order chi connectivity index (χ0) is 17.1. The first-order valence-corrected chi connectivity index (χ1v) is 9.49. The molecular weight excluding hydrogens is 304 g/mol. The van der Waals surface area contributed by atoms with Crippen molar-refractivity contribution in [2.24, 2.45) is 34.0 Å². The number of hydrogen-bond donors (Lipinski definition) is 2. The summed E-state index contributed by atoms with van der Waals surface area (Å²) in [6, 6.07) is 0. The molecule has 1 spiro atoms. The predicted molar refractivity (Wildman–Crippen MR) is 87.9 cm³/mol. The van der Waals surface area contributed by atoms with E-state index in [4.69, 9.17) is 4.74 Å². The maximum Gasteiger partial charge on any atom is 0.312 e. The lowest BCUT2D eigenvalue weighted by atomic mass is 9.40. The van der Waals surface area contributed by atoms with Crippen LogP contribution in [0.25, 0.3) is 0 Å². The Labute approximate surface area is 143 Å². The van der Waals surface area contributed by atoms with Crippen LogP contribution in [0.1, 0.15) is 52.4 Å². The van der Waals surface area contributed by atoms with Crippen molar-refractivity contribution in [1.29, 1.82) is 0 Å². The Kier molecular flexibility index (Phi) is 2.74. The topological polar surface area (TPSA) is 66.8 Å². The van der Waals surface area contributed by atoms with E-state index in [0.717, 1.165) is 44.1 Å². The first-order chi connectivity index (χ1) is 11.2. The van der Waals surface area contributed by atoms with E-state index < -0.39 is 11.5 Å². The molecule has 1 heterocycles. The molecule has 4 nitrogen and oxygen atoms in total. The first kappa shape index (κ1) is 15.4. The van der Waals surface area contributed by atoms with Crippen molar-refractivity contribution in [2.45, 2.75) is 70.7 Å². The van der Waals surface area contributed by atoms with E-state index >= 15 is 0 Å². The number of fused-ring (bicyclic) bond motifs is 2. The Bertz CT molecular complexity index is 644. The fraction of sp³-hybridized carbons (Fsp3) is 0.850. The number of esters is 1. The first-order valence-electron chi connectivity index (χ1n) is 9.49. The van der Waals surface area contributed by atoms with E-state index in [1.807, 2.05) is 6.92 Å². The highest BCUT2D eigenvalue weighted by Crippen LogP contribution is 2.74. The molecule has 5 aliphatic rings.